The van der Waals surface area contributed by atoms with E-state index < -0.39 is 23.8 Å². The molecule has 6 rings (SSSR count). The van der Waals surface area contributed by atoms with Crippen molar-refractivity contribution in [3.05, 3.63) is 134 Å². The van der Waals surface area contributed by atoms with E-state index in [0.717, 1.165) is 55.0 Å². The first-order valence-corrected chi connectivity index (χ1v) is 17.2. The third-order valence-electron chi connectivity index (χ3n) is 9.05. The monoisotopic (exact) mass is 760 g/mol. The average Bonchev–Trinajstić information content (AvgIpc) is 3.50. The smallest absolute Gasteiger partial charge is 0.416 e. The van der Waals surface area contributed by atoms with Gasteiger partial charge in [0, 0.05) is 54.9 Å². The van der Waals surface area contributed by atoms with E-state index in [9.17, 15) is 23.1 Å². The number of hydrogen-bond acceptors (Lipinski definition) is 6. The van der Waals surface area contributed by atoms with Crippen LogP contribution in [0.2, 0.25) is 10.0 Å². The van der Waals surface area contributed by atoms with E-state index in [2.05, 4.69) is 9.80 Å². The summed E-state index contributed by atoms with van der Waals surface area (Å²) in [6.45, 7) is 6.82. The number of nitrogens with zero attached hydrogens (tertiary/aromatic N) is 4. The molecule has 2 aliphatic rings. The fourth-order valence-corrected chi connectivity index (χ4v) is 6.74. The van der Waals surface area contributed by atoms with Gasteiger partial charge >= 0.3 is 6.18 Å². The molecule has 7 nitrogen and oxygen atoms in total. The SMILES string of the molecule is CCOc1cc(C(F)(F)F)ccc1C1=NC(c2ccc(Cl)cc2)C(c2ccc(Cl)cc2)N1C(=O)c1ccc(CN2CCN(CCO)CC2)cc1.Cl. The highest BCUT2D eigenvalue weighted by molar-refractivity contribution is 6.30. The number of ether oxygens (including phenoxy) is 1. The zero-order valence-corrected chi connectivity index (χ0v) is 30.2. The molecule has 0 radical (unpaired) electrons. The minimum atomic E-state index is -4.59. The molecule has 1 saturated heterocycles. The summed E-state index contributed by atoms with van der Waals surface area (Å²) in [5.74, 6) is -0.205. The van der Waals surface area contributed by atoms with Crippen LogP contribution in [0.25, 0.3) is 0 Å². The maximum atomic E-state index is 14.7. The number of aliphatic imine (C=N–C) groups is 1. The van der Waals surface area contributed by atoms with Crippen LogP contribution in [0.1, 0.15) is 57.2 Å². The largest absolute Gasteiger partial charge is 0.493 e. The van der Waals surface area contributed by atoms with E-state index in [1.54, 1.807) is 48.2 Å². The fourth-order valence-electron chi connectivity index (χ4n) is 6.49. The third-order valence-corrected chi connectivity index (χ3v) is 9.55. The van der Waals surface area contributed by atoms with Crippen LogP contribution in [-0.2, 0) is 12.7 Å². The molecule has 2 aliphatic heterocycles. The van der Waals surface area contributed by atoms with Crippen LogP contribution in [0.4, 0.5) is 13.2 Å². The molecule has 1 fully saturated rings. The normalized spacial score (nSPS) is 18.3. The minimum absolute atomic E-state index is 0. The van der Waals surface area contributed by atoms with Crippen molar-refractivity contribution in [3.63, 3.8) is 0 Å². The molecule has 0 bridgehead atoms. The second-order valence-electron chi connectivity index (χ2n) is 12.3. The first kappa shape index (κ1) is 38.6. The lowest BCUT2D eigenvalue weighted by Crippen LogP contribution is -2.46. The molecule has 4 aromatic carbocycles. The van der Waals surface area contributed by atoms with E-state index in [-0.39, 0.29) is 48.7 Å². The molecule has 0 aliphatic carbocycles. The van der Waals surface area contributed by atoms with Gasteiger partial charge in [-0.3, -0.25) is 24.5 Å². The predicted octanol–water partition coefficient (Wildman–Crippen LogP) is 8.33. The number of alkyl halides is 3. The van der Waals surface area contributed by atoms with Crippen LogP contribution >= 0.6 is 35.6 Å². The number of rotatable bonds is 10. The van der Waals surface area contributed by atoms with E-state index in [4.69, 9.17) is 32.9 Å². The van der Waals surface area contributed by atoms with Gasteiger partial charge < -0.3 is 9.84 Å². The van der Waals surface area contributed by atoms with Gasteiger partial charge in [-0.1, -0.05) is 59.6 Å². The van der Waals surface area contributed by atoms with Gasteiger partial charge in [-0.05, 0) is 78.2 Å². The van der Waals surface area contributed by atoms with Crippen LogP contribution in [0.3, 0.4) is 0 Å². The van der Waals surface area contributed by atoms with E-state index in [1.807, 2.05) is 36.4 Å². The van der Waals surface area contributed by atoms with E-state index in [1.165, 1.54) is 6.07 Å². The van der Waals surface area contributed by atoms with Gasteiger partial charge in [0.15, 0.2) is 0 Å². The predicted molar refractivity (Wildman–Crippen MR) is 196 cm³/mol. The van der Waals surface area contributed by atoms with Gasteiger partial charge in [0.2, 0.25) is 0 Å². The van der Waals surface area contributed by atoms with Crippen molar-refractivity contribution in [2.45, 2.75) is 31.7 Å². The number of amides is 1. The van der Waals surface area contributed by atoms with Gasteiger partial charge in [-0.25, -0.2) is 0 Å². The fraction of sp³-hybridized carbons (Fsp3) is 0.316. The topological polar surface area (TPSA) is 68.6 Å². The molecule has 0 aromatic heterocycles. The number of carbonyl (C=O) groups excluding carboxylic acids is 1. The van der Waals surface area contributed by atoms with Crippen LogP contribution in [0, 0.1) is 0 Å². The summed E-state index contributed by atoms with van der Waals surface area (Å²) in [5.41, 5.74) is 2.34. The number of halogens is 6. The lowest BCUT2D eigenvalue weighted by Gasteiger charge is -2.34. The van der Waals surface area contributed by atoms with Crippen LogP contribution in [-0.4, -0.2) is 77.5 Å². The quantitative estimate of drug-likeness (QED) is 0.176. The second kappa shape index (κ2) is 16.8. The molecule has 1 N–H and O–H groups in total. The molecule has 0 saturated carbocycles. The maximum absolute atomic E-state index is 14.7. The van der Waals surface area contributed by atoms with Gasteiger partial charge in [0.25, 0.3) is 5.91 Å². The summed E-state index contributed by atoms with van der Waals surface area (Å²) in [6.07, 6.45) is -4.59. The summed E-state index contributed by atoms with van der Waals surface area (Å²) in [4.78, 5) is 25.9. The molecule has 0 spiro atoms. The van der Waals surface area contributed by atoms with Gasteiger partial charge in [-0.15, -0.1) is 12.4 Å². The highest BCUT2D eigenvalue weighted by atomic mass is 35.5. The highest BCUT2D eigenvalue weighted by Crippen LogP contribution is 2.46. The molecular weight excluding hydrogens is 724 g/mol. The Bertz CT molecular complexity index is 1820. The van der Waals surface area contributed by atoms with Gasteiger partial charge in [0.1, 0.15) is 17.6 Å². The van der Waals surface area contributed by atoms with Crippen molar-refractivity contribution in [1.29, 1.82) is 0 Å². The van der Waals surface area contributed by atoms with Gasteiger partial charge in [-0.2, -0.15) is 13.2 Å². The van der Waals surface area contributed by atoms with Gasteiger partial charge in [0.05, 0.1) is 30.4 Å². The number of hydrogen-bond donors (Lipinski definition) is 1. The molecule has 4 aromatic rings. The number of β-amino-alcohol motifs (C(OH)–C–C–N with tert-alkyl or cyclic N) is 1. The molecule has 2 atom stereocenters. The Kier molecular flexibility index (Phi) is 12.7. The summed E-state index contributed by atoms with van der Waals surface area (Å²) >= 11 is 12.5. The summed E-state index contributed by atoms with van der Waals surface area (Å²) in [5, 5.41) is 10.3. The van der Waals surface area contributed by atoms with Crippen LogP contribution in [0.5, 0.6) is 5.75 Å². The zero-order chi connectivity index (χ0) is 35.4. The molecular formula is C38H38Cl3F3N4O3. The van der Waals surface area contributed by atoms with Crippen molar-refractivity contribution in [2.75, 3.05) is 45.9 Å². The molecule has 1 amide bonds. The average molecular weight is 762 g/mol. The highest BCUT2D eigenvalue weighted by Gasteiger charge is 2.44. The number of piperazine rings is 1. The molecule has 2 heterocycles. The van der Waals surface area contributed by atoms with Crippen molar-refractivity contribution in [1.82, 2.24) is 14.7 Å². The first-order valence-electron chi connectivity index (χ1n) is 16.5. The lowest BCUT2D eigenvalue weighted by atomic mass is 9.93. The van der Waals surface area contributed by atoms with Crippen LogP contribution < -0.4 is 4.74 Å². The second-order valence-corrected chi connectivity index (χ2v) is 13.2. The number of benzene rings is 4. The number of aliphatic hydroxyl groups is 1. The third kappa shape index (κ3) is 8.88. The van der Waals surface area contributed by atoms with Crippen molar-refractivity contribution in [2.24, 2.45) is 4.99 Å². The maximum Gasteiger partial charge on any atom is 0.416 e. The Balaban J connectivity index is 0.00000504. The Labute approximate surface area is 311 Å². The summed E-state index contributed by atoms with van der Waals surface area (Å²) in [7, 11) is 0. The minimum Gasteiger partial charge on any atom is -0.493 e. The van der Waals surface area contributed by atoms with Crippen LogP contribution in [0.15, 0.2) is 96.0 Å². The standard InChI is InChI=1S/C38H37Cl2F3N4O3.ClH/c1-2-50-33-23-29(38(41,42)43)11-16-32(33)36-44-34(26-7-12-30(39)13-8-26)35(27-9-14-31(40)15-10-27)47(36)37(49)28-5-3-25(4-6-28)24-46-19-17-45(18-20-46)21-22-48;/h3-16,23,34-35,48H,2,17-22,24H2,1H3;1H. The number of aliphatic hydroxyl groups excluding tert-OH is 1. The number of amidine groups is 1. The zero-order valence-electron chi connectivity index (χ0n) is 27.8. The summed E-state index contributed by atoms with van der Waals surface area (Å²) in [6, 6.07) is 23.6. The Morgan fingerprint density at radius 2 is 1.45 bits per heavy atom. The van der Waals surface area contributed by atoms with E-state index in [0.29, 0.717) is 28.7 Å². The molecule has 51 heavy (non-hydrogen) atoms. The number of carbonyl (C=O) groups is 1. The Morgan fingerprint density at radius 1 is 0.863 bits per heavy atom. The van der Waals surface area contributed by atoms with Crippen molar-refractivity contribution >= 4 is 47.4 Å². The summed E-state index contributed by atoms with van der Waals surface area (Å²) < 4.78 is 47.2. The van der Waals surface area contributed by atoms with E-state index >= 15 is 0 Å². The van der Waals surface area contributed by atoms with Crippen molar-refractivity contribution < 1.29 is 27.8 Å². The Morgan fingerprint density at radius 3 is 2.02 bits per heavy atom. The molecule has 2 unspecified atom stereocenters. The Hall–Kier alpha value is -3.64. The first-order chi connectivity index (χ1) is 24.0. The van der Waals surface area contributed by atoms with Crippen molar-refractivity contribution in [3.8, 4) is 5.75 Å². The molecule has 270 valence electrons. The molecule has 13 heteroatoms. The lowest BCUT2D eigenvalue weighted by molar-refractivity contribution is -0.137.